The van der Waals surface area contributed by atoms with E-state index in [1.165, 1.54) is 12.1 Å². The number of carbonyl (C=O) groups excluding carboxylic acids is 1. The standard InChI is InChI=1S/C12H18ClN3O2/c1-3-8(4-2)9(13)7-14-12(18)10-5-6-11(17)16-15-10/h5-6,8-9H,3-4,7H2,1-2H3,(H,14,18)(H,16,17). The molecule has 1 amide bonds. The van der Waals surface area contributed by atoms with Gasteiger partial charge in [0.1, 0.15) is 5.69 Å². The van der Waals surface area contributed by atoms with Crippen molar-refractivity contribution in [2.75, 3.05) is 6.54 Å². The number of rotatable bonds is 6. The van der Waals surface area contributed by atoms with E-state index in [4.69, 9.17) is 11.6 Å². The smallest absolute Gasteiger partial charge is 0.271 e. The molecule has 0 saturated carbocycles. The number of hydrogen-bond donors (Lipinski definition) is 2. The van der Waals surface area contributed by atoms with Gasteiger partial charge in [0.05, 0.1) is 5.38 Å². The van der Waals surface area contributed by atoms with Crippen molar-refractivity contribution in [1.29, 1.82) is 0 Å². The van der Waals surface area contributed by atoms with E-state index in [9.17, 15) is 9.59 Å². The zero-order valence-electron chi connectivity index (χ0n) is 10.6. The van der Waals surface area contributed by atoms with Crippen molar-refractivity contribution in [2.24, 2.45) is 5.92 Å². The van der Waals surface area contributed by atoms with Crippen molar-refractivity contribution in [1.82, 2.24) is 15.5 Å². The molecule has 1 heterocycles. The highest BCUT2D eigenvalue weighted by Crippen LogP contribution is 2.17. The summed E-state index contributed by atoms with van der Waals surface area (Å²) in [6.45, 7) is 4.55. The quantitative estimate of drug-likeness (QED) is 0.771. The number of nitrogens with zero attached hydrogens (tertiary/aromatic N) is 1. The maximum Gasteiger partial charge on any atom is 0.271 e. The van der Waals surface area contributed by atoms with E-state index in [1.807, 2.05) is 0 Å². The fourth-order valence-electron chi connectivity index (χ4n) is 1.72. The lowest BCUT2D eigenvalue weighted by Gasteiger charge is -2.19. The van der Waals surface area contributed by atoms with Crippen LogP contribution in [0.2, 0.25) is 0 Å². The molecule has 2 N–H and O–H groups in total. The molecule has 0 saturated heterocycles. The van der Waals surface area contributed by atoms with Gasteiger partial charge in [-0.1, -0.05) is 26.7 Å². The number of nitrogens with one attached hydrogen (secondary N) is 2. The van der Waals surface area contributed by atoms with Gasteiger partial charge < -0.3 is 5.32 Å². The Kier molecular flexibility index (Phi) is 5.85. The normalized spacial score (nSPS) is 12.4. The van der Waals surface area contributed by atoms with E-state index in [0.29, 0.717) is 12.5 Å². The van der Waals surface area contributed by atoms with Crippen molar-refractivity contribution in [3.05, 3.63) is 28.2 Å². The molecular weight excluding hydrogens is 254 g/mol. The van der Waals surface area contributed by atoms with Crippen LogP contribution >= 0.6 is 11.6 Å². The molecule has 0 radical (unpaired) electrons. The van der Waals surface area contributed by atoms with Crippen molar-refractivity contribution >= 4 is 17.5 Å². The summed E-state index contributed by atoms with van der Waals surface area (Å²) in [6.07, 6.45) is 1.97. The number of amides is 1. The van der Waals surface area contributed by atoms with Crippen LogP contribution in [0.5, 0.6) is 0 Å². The molecule has 0 aromatic carbocycles. The van der Waals surface area contributed by atoms with Crippen molar-refractivity contribution in [3.63, 3.8) is 0 Å². The Labute approximate surface area is 111 Å². The van der Waals surface area contributed by atoms with Crippen molar-refractivity contribution in [3.8, 4) is 0 Å². The third kappa shape index (κ3) is 4.14. The summed E-state index contributed by atoms with van der Waals surface area (Å²) in [5, 5.41) is 8.48. The van der Waals surface area contributed by atoms with Gasteiger partial charge in [-0.05, 0) is 12.0 Å². The molecule has 0 fully saturated rings. The second-order valence-electron chi connectivity index (χ2n) is 4.11. The van der Waals surface area contributed by atoms with Crippen molar-refractivity contribution < 1.29 is 4.79 Å². The molecule has 0 aliphatic rings. The van der Waals surface area contributed by atoms with Gasteiger partial charge in [-0.3, -0.25) is 9.59 Å². The molecular formula is C12H18ClN3O2. The second-order valence-corrected chi connectivity index (χ2v) is 4.67. The lowest BCUT2D eigenvalue weighted by atomic mass is 9.99. The Balaban J connectivity index is 2.51. The number of aromatic amines is 1. The molecule has 1 atom stereocenters. The summed E-state index contributed by atoms with van der Waals surface area (Å²) in [6, 6.07) is 2.65. The molecule has 1 rings (SSSR count). The van der Waals surface area contributed by atoms with Crippen LogP contribution in [0.15, 0.2) is 16.9 Å². The lowest BCUT2D eigenvalue weighted by Crippen LogP contribution is -2.34. The highest BCUT2D eigenvalue weighted by atomic mass is 35.5. The summed E-state index contributed by atoms with van der Waals surface area (Å²) in [4.78, 5) is 22.5. The van der Waals surface area contributed by atoms with E-state index in [1.54, 1.807) is 0 Å². The second kappa shape index (κ2) is 7.16. The molecule has 1 unspecified atom stereocenters. The predicted molar refractivity (Wildman–Crippen MR) is 70.9 cm³/mol. The number of H-pyrrole nitrogens is 1. The van der Waals surface area contributed by atoms with Crippen LogP contribution in [-0.2, 0) is 0 Å². The molecule has 5 nitrogen and oxygen atoms in total. The first-order valence-electron chi connectivity index (χ1n) is 6.06. The number of carbonyl (C=O) groups is 1. The largest absolute Gasteiger partial charge is 0.349 e. The number of aromatic nitrogens is 2. The third-order valence-electron chi connectivity index (χ3n) is 2.93. The number of hydrogen-bond acceptors (Lipinski definition) is 3. The SMILES string of the molecule is CCC(CC)C(Cl)CNC(=O)c1ccc(=O)[nH]n1. The van der Waals surface area contributed by atoms with Crippen LogP contribution in [0, 0.1) is 5.92 Å². The fourth-order valence-corrected chi connectivity index (χ4v) is 2.15. The maximum absolute atomic E-state index is 11.7. The first-order chi connectivity index (χ1) is 8.58. The zero-order valence-corrected chi connectivity index (χ0v) is 11.3. The molecule has 0 aliphatic carbocycles. The van der Waals surface area contributed by atoms with E-state index in [2.05, 4.69) is 29.4 Å². The summed E-state index contributed by atoms with van der Waals surface area (Å²) >= 11 is 6.21. The molecule has 0 aliphatic heterocycles. The third-order valence-corrected chi connectivity index (χ3v) is 3.44. The molecule has 0 bridgehead atoms. The van der Waals surface area contributed by atoms with Crippen LogP contribution in [-0.4, -0.2) is 28.0 Å². The first-order valence-corrected chi connectivity index (χ1v) is 6.50. The van der Waals surface area contributed by atoms with E-state index >= 15 is 0 Å². The predicted octanol–water partition coefficient (Wildman–Crippen LogP) is 1.54. The van der Waals surface area contributed by atoms with E-state index in [-0.39, 0.29) is 22.5 Å². The Morgan fingerprint density at radius 2 is 2.11 bits per heavy atom. The van der Waals surface area contributed by atoms with Crippen molar-refractivity contribution in [2.45, 2.75) is 32.1 Å². The Hall–Kier alpha value is -1.36. The first kappa shape index (κ1) is 14.7. The molecule has 1 aromatic heterocycles. The Morgan fingerprint density at radius 1 is 1.44 bits per heavy atom. The zero-order chi connectivity index (χ0) is 13.5. The summed E-state index contributed by atoms with van der Waals surface area (Å²) in [5.41, 5.74) is -0.151. The minimum atomic E-state index is -0.334. The summed E-state index contributed by atoms with van der Waals surface area (Å²) in [5.74, 6) is 0.0540. The highest BCUT2D eigenvalue weighted by molar-refractivity contribution is 6.21. The summed E-state index contributed by atoms with van der Waals surface area (Å²) < 4.78 is 0. The van der Waals surface area contributed by atoms with Gasteiger partial charge in [0.2, 0.25) is 0 Å². The topological polar surface area (TPSA) is 74.8 Å². The van der Waals surface area contributed by atoms with Gasteiger partial charge in [-0.25, -0.2) is 5.10 Å². The average molecular weight is 272 g/mol. The maximum atomic E-state index is 11.7. The van der Waals surface area contributed by atoms with Crippen LogP contribution in [0.4, 0.5) is 0 Å². The summed E-state index contributed by atoms with van der Waals surface area (Å²) in [7, 11) is 0. The minimum Gasteiger partial charge on any atom is -0.349 e. The number of alkyl halides is 1. The highest BCUT2D eigenvalue weighted by Gasteiger charge is 2.17. The van der Waals surface area contributed by atoms with Gasteiger partial charge in [0.15, 0.2) is 0 Å². The Bertz CT molecular complexity index is 423. The van der Waals surface area contributed by atoms with Gasteiger partial charge in [-0.2, -0.15) is 5.10 Å². The molecule has 6 heteroatoms. The van der Waals surface area contributed by atoms with Crippen LogP contribution < -0.4 is 10.9 Å². The Morgan fingerprint density at radius 3 is 2.61 bits per heavy atom. The van der Waals surface area contributed by atoms with E-state index < -0.39 is 0 Å². The monoisotopic (exact) mass is 271 g/mol. The van der Waals surface area contributed by atoms with Crippen LogP contribution in [0.3, 0.4) is 0 Å². The molecule has 0 spiro atoms. The fraction of sp³-hybridized carbons (Fsp3) is 0.583. The molecule has 1 aromatic rings. The molecule has 18 heavy (non-hydrogen) atoms. The van der Waals surface area contributed by atoms with Gasteiger partial charge >= 0.3 is 0 Å². The number of halogens is 1. The minimum absolute atomic E-state index is 0.0910. The van der Waals surface area contributed by atoms with Crippen LogP contribution in [0.1, 0.15) is 37.2 Å². The lowest BCUT2D eigenvalue weighted by molar-refractivity contribution is 0.0945. The van der Waals surface area contributed by atoms with Gasteiger partial charge in [-0.15, -0.1) is 11.6 Å². The average Bonchev–Trinajstić information content (AvgIpc) is 2.38. The van der Waals surface area contributed by atoms with E-state index in [0.717, 1.165) is 12.8 Å². The van der Waals surface area contributed by atoms with Crippen LogP contribution in [0.25, 0.3) is 0 Å². The van der Waals surface area contributed by atoms with Gasteiger partial charge in [0.25, 0.3) is 11.5 Å². The molecule has 100 valence electrons. The van der Waals surface area contributed by atoms with Gasteiger partial charge in [0, 0.05) is 12.6 Å².